The van der Waals surface area contributed by atoms with E-state index in [1.165, 1.54) is 30.5 Å². The Kier molecular flexibility index (Phi) is 6.41. The number of nitrogens with zero attached hydrogens (tertiary/aromatic N) is 1. The molecule has 0 aliphatic rings. The van der Waals surface area contributed by atoms with Crippen LogP contribution >= 0.6 is 44.1 Å². The monoisotopic (exact) mass is 473 g/mol. The maximum absolute atomic E-state index is 12.8. The van der Waals surface area contributed by atoms with Crippen LogP contribution in [0.3, 0.4) is 0 Å². The molecule has 0 heterocycles. The van der Waals surface area contributed by atoms with Crippen LogP contribution in [0.1, 0.15) is 5.56 Å². The fourth-order valence-electron chi connectivity index (χ4n) is 1.62. The molecule has 2 aromatic rings. The molecule has 0 aliphatic carbocycles. The lowest BCUT2D eigenvalue weighted by atomic mass is 10.2. The molecule has 124 valence electrons. The van der Waals surface area contributed by atoms with Gasteiger partial charge in [0, 0.05) is 15.7 Å². The molecule has 2 aromatic carbocycles. The Morgan fingerprint density at radius 1 is 1.25 bits per heavy atom. The second-order valence-corrected chi connectivity index (χ2v) is 6.66. The number of rotatable bonds is 3. The Morgan fingerprint density at radius 2 is 1.92 bits per heavy atom. The van der Waals surface area contributed by atoms with E-state index >= 15 is 0 Å². The van der Waals surface area contributed by atoms with Gasteiger partial charge >= 0.3 is 0 Å². The molecule has 2 rings (SSSR count). The first-order valence-electron chi connectivity index (χ1n) is 6.45. The number of hydrogen-bond donors (Lipinski definition) is 3. The number of carbonyl (C=O) groups excluding carboxylic acids is 1. The summed E-state index contributed by atoms with van der Waals surface area (Å²) < 4.78 is 14.0. The van der Waals surface area contributed by atoms with Gasteiger partial charge in [-0.05, 0) is 52.3 Å². The smallest absolute Gasteiger partial charge is 0.284 e. The van der Waals surface area contributed by atoms with Gasteiger partial charge in [-0.3, -0.25) is 10.2 Å². The van der Waals surface area contributed by atoms with E-state index in [1.54, 1.807) is 12.1 Å². The van der Waals surface area contributed by atoms with Gasteiger partial charge in [0.1, 0.15) is 11.6 Å². The SMILES string of the molecule is O=C(Nc1ccc(F)cc1)C(=S)NN=Cc1cc(Br)cc(Br)c1O. The Hall–Kier alpha value is -1.84. The van der Waals surface area contributed by atoms with Crippen molar-refractivity contribution in [2.45, 2.75) is 0 Å². The van der Waals surface area contributed by atoms with Gasteiger partial charge in [0.15, 0.2) is 4.99 Å². The minimum atomic E-state index is -0.589. The first kappa shape index (κ1) is 18.5. The number of halogens is 3. The molecule has 0 saturated heterocycles. The number of hydrogen-bond acceptors (Lipinski definition) is 4. The summed E-state index contributed by atoms with van der Waals surface area (Å²) >= 11 is 11.4. The van der Waals surface area contributed by atoms with E-state index in [0.717, 1.165) is 4.47 Å². The molecular weight excluding hydrogens is 465 g/mol. The quantitative estimate of drug-likeness (QED) is 0.358. The number of phenolic OH excluding ortho intramolecular Hbond substituents is 1. The van der Waals surface area contributed by atoms with E-state index in [9.17, 15) is 14.3 Å². The second kappa shape index (κ2) is 8.32. The molecule has 1 amide bonds. The summed E-state index contributed by atoms with van der Waals surface area (Å²) in [6, 6.07) is 8.59. The summed E-state index contributed by atoms with van der Waals surface area (Å²) in [4.78, 5) is 11.7. The zero-order chi connectivity index (χ0) is 17.7. The Bertz CT molecular complexity index is 813. The normalized spacial score (nSPS) is 10.6. The van der Waals surface area contributed by atoms with Gasteiger partial charge in [0.05, 0.1) is 10.7 Å². The van der Waals surface area contributed by atoms with Crippen molar-refractivity contribution in [3.63, 3.8) is 0 Å². The molecule has 5 nitrogen and oxygen atoms in total. The highest BCUT2D eigenvalue weighted by Crippen LogP contribution is 2.30. The number of thiocarbonyl (C=S) groups is 1. The van der Waals surface area contributed by atoms with Crippen molar-refractivity contribution in [1.82, 2.24) is 5.43 Å². The van der Waals surface area contributed by atoms with Gasteiger partial charge < -0.3 is 10.4 Å². The third kappa shape index (κ3) is 5.08. The summed E-state index contributed by atoms with van der Waals surface area (Å²) in [5, 5.41) is 16.2. The molecule has 0 atom stereocenters. The van der Waals surface area contributed by atoms with Crippen LogP contribution in [0.5, 0.6) is 5.75 Å². The highest BCUT2D eigenvalue weighted by Gasteiger charge is 2.09. The van der Waals surface area contributed by atoms with Gasteiger partial charge in [0.2, 0.25) is 0 Å². The molecule has 0 spiro atoms. The average molecular weight is 475 g/mol. The van der Waals surface area contributed by atoms with Crippen molar-refractivity contribution in [2.24, 2.45) is 5.10 Å². The van der Waals surface area contributed by atoms with Crippen LogP contribution in [-0.2, 0) is 4.79 Å². The molecule has 24 heavy (non-hydrogen) atoms. The first-order valence-corrected chi connectivity index (χ1v) is 8.44. The minimum absolute atomic E-state index is 0.00503. The molecule has 0 bridgehead atoms. The van der Waals surface area contributed by atoms with Gasteiger partial charge in [0.25, 0.3) is 5.91 Å². The van der Waals surface area contributed by atoms with Crippen LogP contribution in [-0.4, -0.2) is 22.2 Å². The summed E-state index contributed by atoms with van der Waals surface area (Å²) in [5.41, 5.74) is 3.23. The molecule has 0 radical (unpaired) electrons. The van der Waals surface area contributed by atoms with Crippen LogP contribution in [0.25, 0.3) is 0 Å². The van der Waals surface area contributed by atoms with E-state index in [-0.39, 0.29) is 10.7 Å². The van der Waals surface area contributed by atoms with Crippen LogP contribution in [0.2, 0.25) is 0 Å². The summed E-state index contributed by atoms with van der Waals surface area (Å²) in [6.07, 6.45) is 1.32. The van der Waals surface area contributed by atoms with Crippen LogP contribution in [0.15, 0.2) is 50.4 Å². The fourth-order valence-corrected chi connectivity index (χ4v) is 2.98. The maximum atomic E-state index is 12.8. The van der Waals surface area contributed by atoms with Crippen molar-refractivity contribution in [1.29, 1.82) is 0 Å². The summed E-state index contributed by atoms with van der Waals surface area (Å²) in [6.45, 7) is 0. The Labute approximate surface area is 159 Å². The Balaban J connectivity index is 1.97. The standard InChI is InChI=1S/C15H10Br2FN3O2S/c16-9-5-8(13(22)12(17)6-9)7-19-21-15(24)14(23)20-11-3-1-10(18)2-4-11/h1-7,22H,(H,20,23)(H,21,24). The zero-order valence-electron chi connectivity index (χ0n) is 11.9. The van der Waals surface area contributed by atoms with E-state index < -0.39 is 11.7 Å². The van der Waals surface area contributed by atoms with E-state index in [0.29, 0.717) is 15.7 Å². The molecule has 0 unspecified atom stereocenters. The molecule has 9 heteroatoms. The molecule has 0 aromatic heterocycles. The van der Waals surface area contributed by atoms with Crippen molar-refractivity contribution < 1.29 is 14.3 Å². The first-order chi connectivity index (χ1) is 11.4. The van der Waals surface area contributed by atoms with Crippen molar-refractivity contribution >= 4 is 66.9 Å². The molecule has 0 aliphatic heterocycles. The number of amides is 1. The van der Waals surface area contributed by atoms with Crippen LogP contribution in [0, 0.1) is 5.82 Å². The van der Waals surface area contributed by atoms with Gasteiger partial charge in [-0.1, -0.05) is 28.1 Å². The van der Waals surface area contributed by atoms with Crippen LogP contribution < -0.4 is 10.7 Å². The lowest BCUT2D eigenvalue weighted by Gasteiger charge is -2.06. The predicted octanol–water partition coefficient (Wildman–Crippen LogP) is 3.95. The number of benzene rings is 2. The summed E-state index contributed by atoms with van der Waals surface area (Å²) in [5.74, 6) is -0.989. The van der Waals surface area contributed by atoms with Crippen molar-refractivity contribution in [3.8, 4) is 5.75 Å². The van der Waals surface area contributed by atoms with E-state index in [1.807, 2.05) is 0 Å². The third-order valence-corrected chi connectivity index (χ3v) is 4.07. The minimum Gasteiger partial charge on any atom is -0.506 e. The number of nitrogens with one attached hydrogen (secondary N) is 2. The zero-order valence-corrected chi connectivity index (χ0v) is 15.9. The average Bonchev–Trinajstić information content (AvgIpc) is 2.53. The van der Waals surface area contributed by atoms with Gasteiger partial charge in [-0.25, -0.2) is 4.39 Å². The third-order valence-electron chi connectivity index (χ3n) is 2.74. The number of hydrazone groups is 1. The van der Waals surface area contributed by atoms with Crippen molar-refractivity contribution in [3.05, 3.63) is 56.7 Å². The molecule has 3 N–H and O–H groups in total. The number of phenols is 1. The molecule has 0 fully saturated rings. The number of anilines is 1. The number of aromatic hydroxyl groups is 1. The number of carbonyl (C=O) groups is 1. The fraction of sp³-hybridized carbons (Fsp3) is 0. The summed E-state index contributed by atoms with van der Waals surface area (Å²) in [7, 11) is 0. The Morgan fingerprint density at radius 3 is 2.58 bits per heavy atom. The van der Waals surface area contributed by atoms with Gasteiger partial charge in [-0.2, -0.15) is 5.10 Å². The predicted molar refractivity (Wildman–Crippen MR) is 102 cm³/mol. The van der Waals surface area contributed by atoms with E-state index in [4.69, 9.17) is 12.2 Å². The lowest BCUT2D eigenvalue weighted by Crippen LogP contribution is -2.30. The molecular formula is C15H10Br2FN3O2S. The van der Waals surface area contributed by atoms with Gasteiger partial charge in [-0.15, -0.1) is 0 Å². The lowest BCUT2D eigenvalue weighted by molar-refractivity contribution is -0.110. The largest absolute Gasteiger partial charge is 0.506 e. The molecule has 0 saturated carbocycles. The van der Waals surface area contributed by atoms with Crippen molar-refractivity contribution in [2.75, 3.05) is 5.32 Å². The topological polar surface area (TPSA) is 73.7 Å². The maximum Gasteiger partial charge on any atom is 0.284 e. The van der Waals surface area contributed by atoms with E-state index in [2.05, 4.69) is 47.7 Å². The second-order valence-electron chi connectivity index (χ2n) is 4.49. The van der Waals surface area contributed by atoms with Crippen LogP contribution in [0.4, 0.5) is 10.1 Å². The highest BCUT2D eigenvalue weighted by atomic mass is 79.9. The highest BCUT2D eigenvalue weighted by molar-refractivity contribution is 9.11.